The molecule has 3 nitrogen and oxygen atoms in total. The molecule has 1 unspecified atom stereocenters. The maximum atomic E-state index is 6.29. The Morgan fingerprint density at radius 1 is 1.06 bits per heavy atom. The van der Waals surface area contributed by atoms with Gasteiger partial charge in [0.05, 0.1) is 14.2 Å². The second-order valence-corrected chi connectivity index (χ2v) is 5.41. The molecule has 0 aliphatic heterocycles. The largest absolute Gasteiger partial charge is 0.493 e. The van der Waals surface area contributed by atoms with E-state index >= 15 is 0 Å². The number of aryl methyl sites for hydroxylation is 1. The summed E-state index contributed by atoms with van der Waals surface area (Å²) in [7, 11) is 3.28. The molecule has 1 aromatic carbocycles. The lowest BCUT2D eigenvalue weighted by atomic mass is 9.81. The van der Waals surface area contributed by atoms with Crippen LogP contribution in [0, 0.1) is 12.3 Å². The minimum atomic E-state index is -0.0256. The molecule has 0 heterocycles. The molecule has 0 spiro atoms. The van der Waals surface area contributed by atoms with E-state index < -0.39 is 0 Å². The van der Waals surface area contributed by atoms with Gasteiger partial charge in [-0.25, -0.2) is 0 Å². The average molecular weight is 237 g/mol. The van der Waals surface area contributed by atoms with Crippen LogP contribution in [0.15, 0.2) is 12.1 Å². The molecule has 1 rings (SSSR count). The fraction of sp³-hybridized carbons (Fsp3) is 0.571. The second-order valence-electron chi connectivity index (χ2n) is 5.41. The van der Waals surface area contributed by atoms with E-state index in [1.54, 1.807) is 14.2 Å². The molecular weight excluding hydrogens is 214 g/mol. The molecule has 0 fully saturated rings. The smallest absolute Gasteiger partial charge is 0.161 e. The van der Waals surface area contributed by atoms with Crippen LogP contribution >= 0.6 is 0 Å². The van der Waals surface area contributed by atoms with Gasteiger partial charge in [-0.2, -0.15) is 0 Å². The monoisotopic (exact) mass is 237 g/mol. The first kappa shape index (κ1) is 13.8. The van der Waals surface area contributed by atoms with Crippen LogP contribution in [0.2, 0.25) is 0 Å². The zero-order chi connectivity index (χ0) is 13.2. The van der Waals surface area contributed by atoms with Crippen molar-refractivity contribution in [3.8, 4) is 11.5 Å². The van der Waals surface area contributed by atoms with E-state index in [-0.39, 0.29) is 11.5 Å². The van der Waals surface area contributed by atoms with Crippen molar-refractivity contribution >= 4 is 0 Å². The van der Waals surface area contributed by atoms with E-state index in [0.29, 0.717) is 0 Å². The Bertz CT molecular complexity index is 394. The Morgan fingerprint density at radius 3 is 1.94 bits per heavy atom. The van der Waals surface area contributed by atoms with E-state index in [4.69, 9.17) is 15.2 Å². The summed E-state index contributed by atoms with van der Waals surface area (Å²) in [6.07, 6.45) is 0. The highest BCUT2D eigenvalue weighted by Crippen LogP contribution is 2.37. The summed E-state index contributed by atoms with van der Waals surface area (Å²) in [6.45, 7) is 8.44. The molecule has 0 aliphatic rings. The second kappa shape index (κ2) is 4.96. The lowest BCUT2D eigenvalue weighted by Gasteiger charge is -2.29. The Kier molecular flexibility index (Phi) is 4.04. The van der Waals surface area contributed by atoms with Crippen LogP contribution in [0.25, 0.3) is 0 Å². The van der Waals surface area contributed by atoms with Gasteiger partial charge in [0, 0.05) is 6.04 Å². The van der Waals surface area contributed by atoms with Crippen molar-refractivity contribution in [2.45, 2.75) is 33.7 Å². The van der Waals surface area contributed by atoms with Gasteiger partial charge in [-0.1, -0.05) is 20.8 Å². The molecule has 0 aliphatic carbocycles. The average Bonchev–Trinajstić information content (AvgIpc) is 2.26. The Hall–Kier alpha value is -1.22. The molecule has 1 atom stereocenters. The zero-order valence-electron chi connectivity index (χ0n) is 11.6. The van der Waals surface area contributed by atoms with Crippen molar-refractivity contribution in [1.29, 1.82) is 0 Å². The first-order valence-corrected chi connectivity index (χ1v) is 5.79. The number of nitrogens with two attached hydrogens (primary N) is 1. The third-order valence-corrected chi connectivity index (χ3v) is 3.04. The number of methoxy groups -OCH3 is 2. The Balaban J connectivity index is 3.26. The van der Waals surface area contributed by atoms with Gasteiger partial charge in [0.1, 0.15) is 0 Å². The third-order valence-electron chi connectivity index (χ3n) is 3.04. The highest BCUT2D eigenvalue weighted by molar-refractivity contribution is 5.48. The summed E-state index contributed by atoms with van der Waals surface area (Å²) in [4.78, 5) is 0. The molecule has 0 saturated carbocycles. The fourth-order valence-corrected chi connectivity index (χ4v) is 1.80. The van der Waals surface area contributed by atoms with Crippen LogP contribution in [-0.4, -0.2) is 14.2 Å². The number of benzene rings is 1. The molecule has 0 bridgehead atoms. The SMILES string of the molecule is COc1cc(C)c(C(N)C(C)(C)C)cc1OC. The van der Waals surface area contributed by atoms with Crippen molar-refractivity contribution in [2.75, 3.05) is 14.2 Å². The van der Waals surface area contributed by atoms with Crippen molar-refractivity contribution in [2.24, 2.45) is 11.1 Å². The molecule has 1 aromatic rings. The number of ether oxygens (including phenoxy) is 2. The highest BCUT2D eigenvalue weighted by Gasteiger charge is 2.25. The van der Waals surface area contributed by atoms with Crippen LogP contribution in [0.5, 0.6) is 11.5 Å². The topological polar surface area (TPSA) is 44.5 Å². The van der Waals surface area contributed by atoms with Gasteiger partial charge < -0.3 is 15.2 Å². The zero-order valence-corrected chi connectivity index (χ0v) is 11.6. The van der Waals surface area contributed by atoms with Crippen molar-refractivity contribution < 1.29 is 9.47 Å². The van der Waals surface area contributed by atoms with E-state index in [2.05, 4.69) is 20.8 Å². The number of hydrogen-bond acceptors (Lipinski definition) is 3. The van der Waals surface area contributed by atoms with E-state index in [1.807, 2.05) is 19.1 Å². The summed E-state index contributed by atoms with van der Waals surface area (Å²) in [5, 5.41) is 0. The summed E-state index contributed by atoms with van der Waals surface area (Å²) in [6, 6.07) is 3.92. The molecular formula is C14H23NO2. The summed E-state index contributed by atoms with van der Waals surface area (Å²) in [5.41, 5.74) is 8.55. The Labute approximate surface area is 104 Å². The minimum Gasteiger partial charge on any atom is -0.493 e. The van der Waals surface area contributed by atoms with Crippen molar-refractivity contribution in [1.82, 2.24) is 0 Å². The van der Waals surface area contributed by atoms with Gasteiger partial charge in [-0.3, -0.25) is 0 Å². The minimum absolute atomic E-state index is 0.0182. The Morgan fingerprint density at radius 2 is 1.53 bits per heavy atom. The summed E-state index contributed by atoms with van der Waals surface area (Å²) in [5.74, 6) is 1.47. The van der Waals surface area contributed by atoms with Gasteiger partial charge >= 0.3 is 0 Å². The summed E-state index contributed by atoms with van der Waals surface area (Å²) >= 11 is 0. The molecule has 0 amide bonds. The van der Waals surface area contributed by atoms with Gasteiger partial charge in [0.2, 0.25) is 0 Å². The van der Waals surface area contributed by atoms with E-state index in [9.17, 15) is 0 Å². The summed E-state index contributed by atoms with van der Waals surface area (Å²) < 4.78 is 10.6. The molecule has 0 aromatic heterocycles. The number of hydrogen-bond donors (Lipinski definition) is 1. The van der Waals surface area contributed by atoms with Crippen LogP contribution in [-0.2, 0) is 0 Å². The fourth-order valence-electron chi connectivity index (χ4n) is 1.80. The normalized spacial score (nSPS) is 13.4. The predicted molar refractivity (Wildman–Crippen MR) is 70.7 cm³/mol. The van der Waals surface area contributed by atoms with Crippen LogP contribution in [0.1, 0.15) is 37.9 Å². The maximum Gasteiger partial charge on any atom is 0.161 e. The quantitative estimate of drug-likeness (QED) is 0.878. The lowest BCUT2D eigenvalue weighted by molar-refractivity contribution is 0.321. The van der Waals surface area contributed by atoms with Crippen molar-refractivity contribution in [3.05, 3.63) is 23.3 Å². The first-order valence-electron chi connectivity index (χ1n) is 5.79. The standard InChI is InChI=1S/C14H23NO2/c1-9-7-11(16-5)12(17-6)8-10(9)13(15)14(2,3)4/h7-8,13H,15H2,1-6H3. The van der Waals surface area contributed by atoms with Crippen LogP contribution in [0.4, 0.5) is 0 Å². The van der Waals surface area contributed by atoms with Gasteiger partial charge in [0.25, 0.3) is 0 Å². The molecule has 0 saturated heterocycles. The van der Waals surface area contributed by atoms with E-state index in [0.717, 1.165) is 22.6 Å². The van der Waals surface area contributed by atoms with Crippen LogP contribution in [0.3, 0.4) is 0 Å². The molecule has 2 N–H and O–H groups in total. The van der Waals surface area contributed by atoms with Gasteiger partial charge in [0.15, 0.2) is 11.5 Å². The maximum absolute atomic E-state index is 6.29. The van der Waals surface area contributed by atoms with E-state index in [1.165, 1.54) is 0 Å². The lowest BCUT2D eigenvalue weighted by Crippen LogP contribution is -2.27. The highest BCUT2D eigenvalue weighted by atomic mass is 16.5. The van der Waals surface area contributed by atoms with Crippen molar-refractivity contribution in [3.63, 3.8) is 0 Å². The van der Waals surface area contributed by atoms with Gasteiger partial charge in [-0.15, -0.1) is 0 Å². The van der Waals surface area contributed by atoms with Crippen LogP contribution < -0.4 is 15.2 Å². The molecule has 17 heavy (non-hydrogen) atoms. The number of rotatable bonds is 3. The predicted octanol–water partition coefficient (Wildman–Crippen LogP) is 3.06. The molecule has 0 radical (unpaired) electrons. The molecule has 3 heteroatoms. The van der Waals surface area contributed by atoms with Gasteiger partial charge in [-0.05, 0) is 35.6 Å². The third kappa shape index (κ3) is 2.91. The molecule has 96 valence electrons. The first-order chi connectivity index (χ1) is 7.81.